The van der Waals surface area contributed by atoms with Crippen molar-refractivity contribution in [2.75, 3.05) is 12.4 Å². The summed E-state index contributed by atoms with van der Waals surface area (Å²) >= 11 is 3.40. The summed E-state index contributed by atoms with van der Waals surface area (Å²) in [5, 5.41) is 3.59. The van der Waals surface area contributed by atoms with Gasteiger partial charge in [-0.15, -0.1) is 0 Å². The molecule has 0 radical (unpaired) electrons. The highest BCUT2D eigenvalue weighted by Gasteiger charge is 2.14. The van der Waals surface area contributed by atoms with Crippen molar-refractivity contribution in [1.29, 1.82) is 0 Å². The third-order valence-corrected chi connectivity index (χ3v) is 3.41. The Morgan fingerprint density at radius 3 is 2.62 bits per heavy atom. The summed E-state index contributed by atoms with van der Waals surface area (Å²) < 4.78 is 14.6. The molecule has 0 amide bonds. The Bertz CT molecular complexity index is 567. The molecule has 2 rings (SSSR count). The van der Waals surface area contributed by atoms with Gasteiger partial charge in [0.25, 0.3) is 0 Å². The highest BCUT2D eigenvalue weighted by Crippen LogP contribution is 2.33. The smallest absolute Gasteiger partial charge is 0.134 e. The number of nitrogens with zero attached hydrogens (tertiary/aromatic N) is 1. The molecule has 0 fully saturated rings. The second-order valence-electron chi connectivity index (χ2n) is 3.70. The molecule has 1 aromatic carbocycles. The Morgan fingerprint density at radius 2 is 2.00 bits per heavy atom. The average Bonchev–Trinajstić information content (AvgIpc) is 2.26. The molecular formula is C12H12BrFN2. The predicted molar refractivity (Wildman–Crippen MR) is 68.4 cm³/mol. The third kappa shape index (κ3) is 1.57. The summed E-state index contributed by atoms with van der Waals surface area (Å²) in [4.78, 5) is 4.42. The fraction of sp³-hybridized carbons (Fsp3) is 0.250. The molecule has 1 N–H and O–H groups in total. The number of hydrogen-bond acceptors (Lipinski definition) is 2. The lowest BCUT2D eigenvalue weighted by molar-refractivity contribution is 0.639. The Labute approximate surface area is 102 Å². The quantitative estimate of drug-likeness (QED) is 0.861. The van der Waals surface area contributed by atoms with Crippen LogP contribution in [-0.2, 0) is 0 Å². The minimum atomic E-state index is -0.252. The molecule has 84 valence electrons. The van der Waals surface area contributed by atoms with E-state index in [4.69, 9.17) is 0 Å². The number of nitrogens with one attached hydrogen (secondary N) is 1. The number of halogens is 2. The first-order chi connectivity index (χ1) is 7.56. The maximum absolute atomic E-state index is 13.8. The molecule has 0 unspecified atom stereocenters. The van der Waals surface area contributed by atoms with E-state index in [-0.39, 0.29) is 5.82 Å². The normalized spacial score (nSPS) is 10.8. The molecule has 0 aliphatic heterocycles. The summed E-state index contributed by atoms with van der Waals surface area (Å²) in [6, 6.07) is 3.13. The number of fused-ring (bicyclic) bond motifs is 1. The Hall–Kier alpha value is -1.16. The zero-order chi connectivity index (χ0) is 11.9. The number of pyridine rings is 1. The summed E-state index contributed by atoms with van der Waals surface area (Å²) in [7, 11) is 1.79. The van der Waals surface area contributed by atoms with Gasteiger partial charge in [-0.2, -0.15) is 0 Å². The molecular weight excluding hydrogens is 271 g/mol. The number of hydrogen-bond donors (Lipinski definition) is 1. The second-order valence-corrected chi connectivity index (χ2v) is 4.55. The molecule has 0 saturated heterocycles. The van der Waals surface area contributed by atoms with Gasteiger partial charge in [-0.3, -0.25) is 4.98 Å². The van der Waals surface area contributed by atoms with Gasteiger partial charge in [0.1, 0.15) is 5.82 Å². The van der Waals surface area contributed by atoms with Crippen LogP contribution in [-0.4, -0.2) is 12.0 Å². The molecule has 0 aliphatic rings. The van der Waals surface area contributed by atoms with Crippen molar-refractivity contribution in [1.82, 2.24) is 4.98 Å². The van der Waals surface area contributed by atoms with Crippen molar-refractivity contribution in [3.63, 3.8) is 0 Å². The van der Waals surface area contributed by atoms with Gasteiger partial charge < -0.3 is 5.32 Å². The van der Waals surface area contributed by atoms with Crippen LogP contribution in [0.4, 0.5) is 10.1 Å². The molecule has 2 nitrogen and oxygen atoms in total. The Kier molecular flexibility index (Phi) is 2.84. The van der Waals surface area contributed by atoms with Crippen LogP contribution < -0.4 is 5.32 Å². The van der Waals surface area contributed by atoms with E-state index in [2.05, 4.69) is 26.2 Å². The van der Waals surface area contributed by atoms with E-state index in [0.717, 1.165) is 21.4 Å². The van der Waals surface area contributed by atoms with Crippen molar-refractivity contribution in [2.24, 2.45) is 0 Å². The lowest BCUT2D eigenvalue weighted by Crippen LogP contribution is -2.00. The minimum Gasteiger partial charge on any atom is -0.387 e. The monoisotopic (exact) mass is 282 g/mol. The van der Waals surface area contributed by atoms with Crippen molar-refractivity contribution in [3.8, 4) is 0 Å². The number of anilines is 1. The summed E-state index contributed by atoms with van der Waals surface area (Å²) in [6.07, 6.45) is 0. The summed E-state index contributed by atoms with van der Waals surface area (Å²) in [5.41, 5.74) is 3.35. The summed E-state index contributed by atoms with van der Waals surface area (Å²) in [5.74, 6) is -0.252. The van der Waals surface area contributed by atoms with E-state index in [1.165, 1.54) is 6.07 Å². The van der Waals surface area contributed by atoms with Crippen LogP contribution in [0.15, 0.2) is 16.6 Å². The molecule has 0 spiro atoms. The molecule has 0 bridgehead atoms. The van der Waals surface area contributed by atoms with Crippen molar-refractivity contribution < 1.29 is 4.39 Å². The average molecular weight is 283 g/mol. The Morgan fingerprint density at radius 1 is 1.31 bits per heavy atom. The first-order valence-electron chi connectivity index (χ1n) is 4.99. The zero-order valence-electron chi connectivity index (χ0n) is 9.36. The minimum absolute atomic E-state index is 0.252. The third-order valence-electron chi connectivity index (χ3n) is 2.78. The van der Waals surface area contributed by atoms with Gasteiger partial charge in [0.2, 0.25) is 0 Å². The SMILES string of the molecule is CNc1c(C)c(C)nc2c(Br)ccc(F)c12. The van der Waals surface area contributed by atoms with Crippen LogP contribution in [0.5, 0.6) is 0 Å². The van der Waals surface area contributed by atoms with E-state index in [0.29, 0.717) is 10.9 Å². The van der Waals surface area contributed by atoms with Crippen LogP contribution in [0, 0.1) is 19.7 Å². The van der Waals surface area contributed by atoms with Crippen LogP contribution in [0.3, 0.4) is 0 Å². The first-order valence-corrected chi connectivity index (χ1v) is 5.78. The highest BCUT2D eigenvalue weighted by molar-refractivity contribution is 9.10. The van der Waals surface area contributed by atoms with Gasteiger partial charge in [-0.1, -0.05) is 0 Å². The lowest BCUT2D eigenvalue weighted by Gasteiger charge is -2.13. The van der Waals surface area contributed by atoms with Crippen LogP contribution in [0.25, 0.3) is 10.9 Å². The molecule has 0 aliphatic carbocycles. The predicted octanol–water partition coefficient (Wildman–Crippen LogP) is 3.79. The fourth-order valence-corrected chi connectivity index (χ4v) is 2.24. The number of benzene rings is 1. The van der Waals surface area contributed by atoms with Crippen LogP contribution in [0.2, 0.25) is 0 Å². The van der Waals surface area contributed by atoms with Crippen molar-refractivity contribution in [3.05, 3.63) is 33.7 Å². The Balaban J connectivity index is 3.02. The molecule has 2 aromatic rings. The van der Waals surface area contributed by atoms with Gasteiger partial charge in [-0.05, 0) is 47.5 Å². The van der Waals surface area contributed by atoms with Crippen LogP contribution in [0.1, 0.15) is 11.3 Å². The molecule has 1 heterocycles. The first kappa shape index (κ1) is 11.3. The van der Waals surface area contributed by atoms with E-state index in [1.807, 2.05) is 13.8 Å². The van der Waals surface area contributed by atoms with Crippen LogP contribution >= 0.6 is 15.9 Å². The molecule has 16 heavy (non-hydrogen) atoms. The van der Waals surface area contributed by atoms with E-state index < -0.39 is 0 Å². The highest BCUT2D eigenvalue weighted by atomic mass is 79.9. The zero-order valence-corrected chi connectivity index (χ0v) is 10.9. The molecule has 1 aromatic heterocycles. The topological polar surface area (TPSA) is 24.9 Å². The molecule has 4 heteroatoms. The largest absolute Gasteiger partial charge is 0.387 e. The van der Waals surface area contributed by atoms with Gasteiger partial charge in [0.05, 0.1) is 16.6 Å². The standard InChI is InChI=1S/C12H12BrFN2/c1-6-7(2)16-12-8(13)4-5-9(14)10(12)11(6)15-3/h4-5H,1-3H3,(H,15,16). The molecule has 0 atom stereocenters. The van der Waals surface area contributed by atoms with E-state index >= 15 is 0 Å². The van der Waals surface area contributed by atoms with Gasteiger partial charge in [0.15, 0.2) is 0 Å². The van der Waals surface area contributed by atoms with Gasteiger partial charge >= 0.3 is 0 Å². The number of aromatic nitrogens is 1. The van der Waals surface area contributed by atoms with Crippen molar-refractivity contribution in [2.45, 2.75) is 13.8 Å². The number of rotatable bonds is 1. The maximum atomic E-state index is 13.8. The van der Waals surface area contributed by atoms with Gasteiger partial charge in [-0.25, -0.2) is 4.39 Å². The molecule has 0 saturated carbocycles. The second kappa shape index (κ2) is 4.01. The van der Waals surface area contributed by atoms with E-state index in [1.54, 1.807) is 13.1 Å². The maximum Gasteiger partial charge on any atom is 0.134 e. The van der Waals surface area contributed by atoms with Gasteiger partial charge in [0, 0.05) is 17.2 Å². The number of aryl methyl sites for hydroxylation is 1. The lowest BCUT2D eigenvalue weighted by atomic mass is 10.1. The van der Waals surface area contributed by atoms with Crippen molar-refractivity contribution >= 4 is 32.5 Å². The summed E-state index contributed by atoms with van der Waals surface area (Å²) in [6.45, 7) is 3.86. The fourth-order valence-electron chi connectivity index (χ4n) is 1.82. The van der Waals surface area contributed by atoms with E-state index in [9.17, 15) is 4.39 Å².